The Morgan fingerprint density at radius 1 is 1.64 bits per heavy atom. The lowest BCUT2D eigenvalue weighted by Crippen LogP contribution is -1.86. The van der Waals surface area contributed by atoms with E-state index in [1.54, 1.807) is 0 Å². The van der Waals surface area contributed by atoms with E-state index in [4.69, 9.17) is 17.3 Å². The summed E-state index contributed by atoms with van der Waals surface area (Å²) in [5, 5.41) is 0. The molecule has 0 fully saturated rings. The summed E-state index contributed by atoms with van der Waals surface area (Å²) in [6, 6.07) is 0.988. The van der Waals surface area contributed by atoms with Gasteiger partial charge in [0.1, 0.15) is 4.34 Å². The Hall–Kier alpha value is -0.330. The molecule has 0 unspecified atom stereocenters. The van der Waals surface area contributed by atoms with Crippen LogP contribution < -0.4 is 5.73 Å². The van der Waals surface area contributed by atoms with Crippen LogP contribution in [0, 0.1) is 0 Å². The lowest BCUT2D eigenvalue weighted by molar-refractivity contribution is 0.554. The number of hydrogen-bond acceptors (Lipinski definition) is 4. The molecule has 0 saturated carbocycles. The molecule has 7 heteroatoms. The van der Waals surface area contributed by atoms with Gasteiger partial charge in [0.25, 0.3) is 0 Å². The van der Waals surface area contributed by atoms with E-state index in [1.807, 2.05) is 0 Å². The molecule has 62 valence electrons. The van der Waals surface area contributed by atoms with E-state index in [1.165, 1.54) is 0 Å². The normalized spacial score (nSPS) is 11.8. The predicted molar refractivity (Wildman–Crippen MR) is 42.0 cm³/mol. The molecule has 1 heterocycles. The van der Waals surface area contributed by atoms with Crippen LogP contribution in [0.15, 0.2) is 10.3 Å². The number of nitrogen functional groups attached to an aromatic ring is 1. The van der Waals surface area contributed by atoms with Crippen molar-refractivity contribution in [1.82, 2.24) is 0 Å². The number of halogens is 2. The maximum absolute atomic E-state index is 12.2. The van der Waals surface area contributed by atoms with Gasteiger partial charge in [-0.25, -0.2) is 0 Å². The Labute approximate surface area is 71.8 Å². The van der Waals surface area contributed by atoms with Gasteiger partial charge in [0.2, 0.25) is 0 Å². The van der Waals surface area contributed by atoms with E-state index >= 15 is 0 Å². The van der Waals surface area contributed by atoms with E-state index in [-0.39, 0.29) is 10.0 Å². The Kier molecular flexibility index (Phi) is 2.08. The smallest absolute Gasteiger partial charge is 0.341 e. The molecule has 0 aromatic carbocycles. The van der Waals surface area contributed by atoms with Gasteiger partial charge in [-0.05, 0) is 6.07 Å². The molecule has 0 saturated heterocycles. The summed E-state index contributed by atoms with van der Waals surface area (Å²) in [5.74, 6) is 0. The molecule has 0 spiro atoms. The summed E-state index contributed by atoms with van der Waals surface area (Å²) in [4.78, 5) is 0. The lowest BCUT2D eigenvalue weighted by atomic mass is 10.6. The third-order valence-corrected chi connectivity index (χ3v) is 3.56. The van der Waals surface area contributed by atoms with Crippen molar-refractivity contribution in [3.05, 3.63) is 10.4 Å². The molecule has 1 aromatic rings. The molecule has 1 rings (SSSR count). The fourth-order valence-corrected chi connectivity index (χ4v) is 2.38. The first-order chi connectivity index (χ1) is 4.91. The first-order valence-corrected chi connectivity index (χ1v) is 4.98. The number of rotatable bonds is 1. The van der Waals surface area contributed by atoms with Crippen LogP contribution in [-0.2, 0) is 10.2 Å². The zero-order valence-corrected chi connectivity index (χ0v) is 7.43. The van der Waals surface area contributed by atoms with Crippen LogP contribution >= 0.6 is 22.9 Å². The molecular weight excluding hydrogens is 213 g/mol. The molecule has 2 N–H and O–H groups in total. The highest BCUT2D eigenvalue weighted by Crippen LogP contribution is 2.33. The summed E-state index contributed by atoms with van der Waals surface area (Å²) in [7, 11) is -4.65. The maximum atomic E-state index is 12.2. The highest BCUT2D eigenvalue weighted by Gasteiger charge is 2.16. The first-order valence-electron chi connectivity index (χ1n) is 2.41. The average Bonchev–Trinajstić information content (AvgIpc) is 2.11. The van der Waals surface area contributed by atoms with Crippen molar-refractivity contribution in [3.63, 3.8) is 0 Å². The van der Waals surface area contributed by atoms with Gasteiger partial charge in [-0.15, -0.1) is 11.3 Å². The Bertz CT molecular complexity index is 352. The van der Waals surface area contributed by atoms with Crippen molar-refractivity contribution < 1.29 is 12.3 Å². The average molecular weight is 216 g/mol. The van der Waals surface area contributed by atoms with Gasteiger partial charge in [0.15, 0.2) is 4.21 Å². The van der Waals surface area contributed by atoms with Crippen LogP contribution in [0.4, 0.5) is 9.57 Å². The van der Waals surface area contributed by atoms with Crippen molar-refractivity contribution in [2.24, 2.45) is 0 Å². The molecule has 0 bridgehead atoms. The van der Waals surface area contributed by atoms with Crippen molar-refractivity contribution >= 4 is 38.8 Å². The zero-order valence-electron chi connectivity index (χ0n) is 5.04. The molecule has 0 amide bonds. The quantitative estimate of drug-likeness (QED) is 0.725. The van der Waals surface area contributed by atoms with Gasteiger partial charge in [-0.2, -0.15) is 8.42 Å². The fraction of sp³-hybridized carbons (Fsp3) is 0. The maximum Gasteiger partial charge on any atom is 0.341 e. The van der Waals surface area contributed by atoms with Gasteiger partial charge >= 0.3 is 10.2 Å². The van der Waals surface area contributed by atoms with E-state index < -0.39 is 14.4 Å². The Balaban J connectivity index is 3.29. The predicted octanol–water partition coefficient (Wildman–Crippen LogP) is 1.64. The Morgan fingerprint density at radius 3 is 2.36 bits per heavy atom. The second kappa shape index (κ2) is 2.62. The van der Waals surface area contributed by atoms with Crippen LogP contribution in [0.3, 0.4) is 0 Å². The standard InChI is InChI=1S/C4H3ClFNO2S2/c5-4-2(7)1-3(10-4)11(6,8)9/h1H,7H2. The second-order valence-electron chi connectivity index (χ2n) is 1.73. The summed E-state index contributed by atoms with van der Waals surface area (Å²) in [5.41, 5.74) is 5.26. The molecule has 0 aliphatic heterocycles. The van der Waals surface area contributed by atoms with Crippen LogP contribution in [0.1, 0.15) is 0 Å². The number of nitrogens with two attached hydrogens (primary N) is 1. The minimum Gasteiger partial charge on any atom is -0.397 e. The third-order valence-electron chi connectivity index (χ3n) is 0.931. The summed E-state index contributed by atoms with van der Waals surface area (Å²) < 4.78 is 32.3. The Morgan fingerprint density at radius 2 is 2.18 bits per heavy atom. The molecule has 0 atom stereocenters. The fourth-order valence-electron chi connectivity index (χ4n) is 0.481. The van der Waals surface area contributed by atoms with Crippen molar-refractivity contribution in [2.45, 2.75) is 4.21 Å². The van der Waals surface area contributed by atoms with Crippen LogP contribution in [0.2, 0.25) is 4.34 Å². The van der Waals surface area contributed by atoms with Gasteiger partial charge in [-0.3, -0.25) is 0 Å². The lowest BCUT2D eigenvalue weighted by Gasteiger charge is -1.81. The van der Waals surface area contributed by atoms with Crippen molar-refractivity contribution in [3.8, 4) is 0 Å². The van der Waals surface area contributed by atoms with Gasteiger partial charge < -0.3 is 5.73 Å². The molecule has 1 aromatic heterocycles. The van der Waals surface area contributed by atoms with Gasteiger partial charge in [0.05, 0.1) is 5.69 Å². The van der Waals surface area contributed by atoms with E-state index in [0.29, 0.717) is 11.3 Å². The molecule has 0 aliphatic carbocycles. The second-order valence-corrected chi connectivity index (χ2v) is 4.96. The van der Waals surface area contributed by atoms with Gasteiger partial charge in [-0.1, -0.05) is 15.5 Å². The van der Waals surface area contributed by atoms with E-state index in [2.05, 4.69) is 0 Å². The topological polar surface area (TPSA) is 60.2 Å². The van der Waals surface area contributed by atoms with Crippen LogP contribution in [0.5, 0.6) is 0 Å². The first kappa shape index (κ1) is 8.76. The highest BCUT2D eigenvalue weighted by molar-refractivity contribution is 7.88. The van der Waals surface area contributed by atoms with E-state index in [9.17, 15) is 12.3 Å². The van der Waals surface area contributed by atoms with Crippen molar-refractivity contribution in [1.29, 1.82) is 0 Å². The minimum atomic E-state index is -4.65. The van der Waals surface area contributed by atoms with Gasteiger partial charge in [0, 0.05) is 0 Å². The molecular formula is C4H3ClFNO2S2. The molecule has 11 heavy (non-hydrogen) atoms. The highest BCUT2D eigenvalue weighted by atomic mass is 35.5. The zero-order chi connectivity index (χ0) is 8.65. The third kappa shape index (κ3) is 1.82. The van der Waals surface area contributed by atoms with Crippen LogP contribution in [-0.4, -0.2) is 8.42 Å². The molecule has 3 nitrogen and oxygen atoms in total. The summed E-state index contributed by atoms with van der Waals surface area (Å²) in [6.07, 6.45) is 0. The summed E-state index contributed by atoms with van der Waals surface area (Å²) >= 11 is 6.00. The van der Waals surface area contributed by atoms with E-state index in [0.717, 1.165) is 6.07 Å². The monoisotopic (exact) mass is 215 g/mol. The number of thiophene rings is 1. The largest absolute Gasteiger partial charge is 0.397 e. The number of hydrogen-bond donors (Lipinski definition) is 1. The molecule has 0 aliphatic rings. The van der Waals surface area contributed by atoms with Crippen LogP contribution in [0.25, 0.3) is 0 Å². The minimum absolute atomic E-state index is 0.0768. The van der Waals surface area contributed by atoms with Crippen molar-refractivity contribution in [2.75, 3.05) is 5.73 Å². The molecule has 0 radical (unpaired) electrons. The summed E-state index contributed by atoms with van der Waals surface area (Å²) in [6.45, 7) is 0. The SMILES string of the molecule is Nc1cc(S(=O)(=O)F)sc1Cl. The number of anilines is 1.